The van der Waals surface area contributed by atoms with Crippen molar-refractivity contribution in [3.05, 3.63) is 45.6 Å². The molecule has 0 spiro atoms. The Morgan fingerprint density at radius 3 is 2.57 bits per heavy atom. The molecule has 35 heavy (non-hydrogen) atoms. The lowest BCUT2D eigenvalue weighted by molar-refractivity contribution is -0.133. The fourth-order valence-corrected chi connectivity index (χ4v) is 6.29. The van der Waals surface area contributed by atoms with Crippen LogP contribution in [-0.2, 0) is 17.6 Å². The number of nitrogens with zero attached hydrogens (tertiary/aromatic N) is 4. The molecule has 186 valence electrons. The van der Waals surface area contributed by atoms with Gasteiger partial charge in [-0.15, -0.1) is 11.3 Å². The van der Waals surface area contributed by atoms with E-state index in [0.29, 0.717) is 29.8 Å². The van der Waals surface area contributed by atoms with Gasteiger partial charge in [0.25, 0.3) is 5.91 Å². The summed E-state index contributed by atoms with van der Waals surface area (Å²) >= 11 is 7.80. The number of thiophene rings is 1. The summed E-state index contributed by atoms with van der Waals surface area (Å²) in [7, 11) is 0. The van der Waals surface area contributed by atoms with Gasteiger partial charge in [0.1, 0.15) is 22.2 Å². The standard InChI is InChI=1S/C27H33ClN4O2S/c1-3-18(2)25-29-26(24-21-7-5-4-6-8-22(21)35-27(24)30-25)32-15-13-31(14-16-32)23(33)17-34-20-11-9-19(28)10-12-20/h9-12,18H,3-8,13-17H2,1-2H3. The molecule has 1 fully saturated rings. The third-order valence-corrected chi connectivity index (χ3v) is 8.66. The van der Waals surface area contributed by atoms with Crippen LogP contribution in [0.2, 0.25) is 5.02 Å². The van der Waals surface area contributed by atoms with Crippen LogP contribution in [0.15, 0.2) is 24.3 Å². The van der Waals surface area contributed by atoms with Crippen molar-refractivity contribution < 1.29 is 9.53 Å². The minimum atomic E-state index is 0.0112. The molecule has 2 aliphatic rings. The smallest absolute Gasteiger partial charge is 0.260 e. The number of piperazine rings is 1. The molecule has 5 rings (SSSR count). The summed E-state index contributed by atoms with van der Waals surface area (Å²) in [5.41, 5.74) is 1.48. The summed E-state index contributed by atoms with van der Waals surface area (Å²) in [5, 5.41) is 1.92. The van der Waals surface area contributed by atoms with Crippen LogP contribution in [0.3, 0.4) is 0 Å². The Morgan fingerprint density at radius 2 is 1.83 bits per heavy atom. The number of anilines is 1. The number of aryl methyl sites for hydroxylation is 2. The molecule has 1 amide bonds. The average molecular weight is 513 g/mol. The van der Waals surface area contributed by atoms with Gasteiger partial charge in [-0.25, -0.2) is 9.97 Å². The molecular formula is C27H33ClN4O2S. The van der Waals surface area contributed by atoms with Crippen molar-refractivity contribution in [3.63, 3.8) is 0 Å². The van der Waals surface area contributed by atoms with Gasteiger partial charge >= 0.3 is 0 Å². The summed E-state index contributed by atoms with van der Waals surface area (Å²) in [6.07, 6.45) is 7.09. The first kappa shape index (κ1) is 24.3. The molecule has 1 aliphatic heterocycles. The van der Waals surface area contributed by atoms with Crippen LogP contribution in [0.4, 0.5) is 5.82 Å². The molecule has 0 radical (unpaired) electrons. The second-order valence-electron chi connectivity index (χ2n) is 9.57. The van der Waals surface area contributed by atoms with Gasteiger partial charge in [-0.1, -0.05) is 31.9 Å². The van der Waals surface area contributed by atoms with Gasteiger partial charge in [0.05, 0.1) is 5.39 Å². The molecule has 3 aromatic rings. The number of hydrogen-bond donors (Lipinski definition) is 0. The van der Waals surface area contributed by atoms with Gasteiger partial charge in [-0.3, -0.25) is 4.79 Å². The zero-order chi connectivity index (χ0) is 24.4. The molecule has 0 bridgehead atoms. The van der Waals surface area contributed by atoms with Gasteiger partial charge in [-0.05, 0) is 61.9 Å². The van der Waals surface area contributed by atoms with E-state index in [4.69, 9.17) is 26.3 Å². The highest BCUT2D eigenvalue weighted by atomic mass is 35.5. The van der Waals surface area contributed by atoms with Gasteiger partial charge in [-0.2, -0.15) is 0 Å². The van der Waals surface area contributed by atoms with E-state index in [2.05, 4.69) is 18.7 Å². The summed E-state index contributed by atoms with van der Waals surface area (Å²) < 4.78 is 5.68. The van der Waals surface area contributed by atoms with Crippen LogP contribution in [0.25, 0.3) is 10.2 Å². The van der Waals surface area contributed by atoms with Crippen LogP contribution in [0, 0.1) is 0 Å². The third kappa shape index (κ3) is 5.26. The van der Waals surface area contributed by atoms with E-state index in [-0.39, 0.29) is 12.5 Å². The molecular weight excluding hydrogens is 480 g/mol. The molecule has 1 unspecified atom stereocenters. The number of ether oxygens (including phenoxy) is 1. The number of amides is 1. The Hall–Kier alpha value is -2.38. The zero-order valence-electron chi connectivity index (χ0n) is 20.6. The first-order chi connectivity index (χ1) is 17.0. The second kappa shape index (κ2) is 10.7. The Bertz CT molecular complexity index is 1190. The largest absolute Gasteiger partial charge is 0.484 e. The number of benzene rings is 1. The van der Waals surface area contributed by atoms with E-state index in [1.165, 1.54) is 35.1 Å². The van der Waals surface area contributed by atoms with E-state index in [1.54, 1.807) is 24.3 Å². The number of rotatable bonds is 6. The Morgan fingerprint density at radius 1 is 1.09 bits per heavy atom. The molecule has 6 nitrogen and oxygen atoms in total. The van der Waals surface area contributed by atoms with Crippen LogP contribution in [0.1, 0.15) is 61.7 Å². The molecule has 3 heterocycles. The summed E-state index contributed by atoms with van der Waals surface area (Å²) in [6, 6.07) is 7.10. The highest BCUT2D eigenvalue weighted by Crippen LogP contribution is 2.40. The molecule has 1 atom stereocenters. The molecule has 2 aromatic heterocycles. The van der Waals surface area contributed by atoms with E-state index in [9.17, 15) is 4.79 Å². The number of fused-ring (bicyclic) bond motifs is 3. The predicted molar refractivity (Wildman–Crippen MR) is 143 cm³/mol. The zero-order valence-corrected chi connectivity index (χ0v) is 22.1. The lowest BCUT2D eigenvalue weighted by atomic mass is 10.1. The molecule has 1 saturated heterocycles. The Kier molecular flexibility index (Phi) is 7.44. The van der Waals surface area contributed by atoms with Gasteiger partial charge < -0.3 is 14.5 Å². The van der Waals surface area contributed by atoms with Crippen molar-refractivity contribution in [2.45, 2.75) is 58.3 Å². The lowest BCUT2D eigenvalue weighted by Crippen LogP contribution is -2.50. The summed E-state index contributed by atoms with van der Waals surface area (Å²) in [6.45, 7) is 7.31. The second-order valence-corrected chi connectivity index (χ2v) is 11.1. The summed E-state index contributed by atoms with van der Waals surface area (Å²) in [5.74, 6) is 3.01. The fourth-order valence-electron chi connectivity index (χ4n) is 4.90. The van der Waals surface area contributed by atoms with E-state index < -0.39 is 0 Å². The van der Waals surface area contributed by atoms with Crippen molar-refractivity contribution in [2.75, 3.05) is 37.7 Å². The minimum Gasteiger partial charge on any atom is -0.484 e. The number of carbonyl (C=O) groups is 1. The van der Waals surface area contributed by atoms with Gasteiger partial charge in [0, 0.05) is 42.0 Å². The van der Waals surface area contributed by atoms with E-state index in [0.717, 1.165) is 48.8 Å². The van der Waals surface area contributed by atoms with Crippen molar-refractivity contribution in [2.24, 2.45) is 0 Å². The normalized spacial score (nSPS) is 17.2. The maximum absolute atomic E-state index is 12.8. The lowest BCUT2D eigenvalue weighted by Gasteiger charge is -2.36. The van der Waals surface area contributed by atoms with Gasteiger partial charge in [0.15, 0.2) is 6.61 Å². The highest BCUT2D eigenvalue weighted by molar-refractivity contribution is 7.19. The molecule has 8 heteroatoms. The fraction of sp³-hybridized carbons (Fsp3) is 0.519. The van der Waals surface area contributed by atoms with Crippen molar-refractivity contribution in [1.82, 2.24) is 14.9 Å². The van der Waals surface area contributed by atoms with Crippen LogP contribution in [0.5, 0.6) is 5.75 Å². The topological polar surface area (TPSA) is 58.6 Å². The van der Waals surface area contributed by atoms with Crippen molar-refractivity contribution in [3.8, 4) is 5.75 Å². The maximum atomic E-state index is 12.8. The molecule has 0 saturated carbocycles. The average Bonchev–Trinajstić information content (AvgIpc) is 3.07. The van der Waals surface area contributed by atoms with Crippen LogP contribution < -0.4 is 9.64 Å². The number of hydrogen-bond acceptors (Lipinski definition) is 6. The Balaban J connectivity index is 1.33. The minimum absolute atomic E-state index is 0.0112. The van der Waals surface area contributed by atoms with E-state index >= 15 is 0 Å². The van der Waals surface area contributed by atoms with Crippen LogP contribution in [-0.4, -0.2) is 53.6 Å². The first-order valence-corrected chi connectivity index (χ1v) is 14.0. The number of halogens is 1. The molecule has 1 aromatic carbocycles. The number of aromatic nitrogens is 2. The highest BCUT2D eigenvalue weighted by Gasteiger charge is 2.28. The Labute approximate surface area is 216 Å². The molecule has 0 N–H and O–H groups in total. The van der Waals surface area contributed by atoms with Gasteiger partial charge in [0.2, 0.25) is 0 Å². The quantitative estimate of drug-likeness (QED) is 0.387. The monoisotopic (exact) mass is 512 g/mol. The van der Waals surface area contributed by atoms with Crippen LogP contribution >= 0.6 is 22.9 Å². The third-order valence-electron chi connectivity index (χ3n) is 7.22. The predicted octanol–water partition coefficient (Wildman–Crippen LogP) is 5.85. The summed E-state index contributed by atoms with van der Waals surface area (Å²) in [4.78, 5) is 29.9. The SMILES string of the molecule is CCC(C)c1nc(N2CCN(C(=O)COc3ccc(Cl)cc3)CC2)c2c3c(sc2n1)CCCCC3. The van der Waals surface area contributed by atoms with Crippen molar-refractivity contribution in [1.29, 1.82) is 0 Å². The maximum Gasteiger partial charge on any atom is 0.260 e. The molecule has 1 aliphatic carbocycles. The van der Waals surface area contributed by atoms with Crippen molar-refractivity contribution >= 4 is 44.9 Å². The first-order valence-electron chi connectivity index (χ1n) is 12.8. The van der Waals surface area contributed by atoms with E-state index in [1.807, 2.05) is 16.2 Å². The number of carbonyl (C=O) groups excluding carboxylic acids is 1.